The Morgan fingerprint density at radius 3 is 1.06 bits per heavy atom. The number of para-hydroxylation sites is 1. The van der Waals surface area contributed by atoms with E-state index < -0.39 is 6.10 Å². The number of rotatable bonds is 33. The van der Waals surface area contributed by atoms with E-state index in [0.717, 1.165) is 183 Å². The zero-order valence-electron chi connectivity index (χ0n) is 62.0. The summed E-state index contributed by atoms with van der Waals surface area (Å²) >= 11 is 4.91. The van der Waals surface area contributed by atoms with Crippen LogP contribution in [-0.2, 0) is 0 Å². The first-order valence-corrected chi connectivity index (χ1v) is 40.2. The van der Waals surface area contributed by atoms with Gasteiger partial charge in [-0.3, -0.25) is 19.6 Å². The monoisotopic (exact) mass is 1540 g/mol. The van der Waals surface area contributed by atoms with Crippen LogP contribution >= 0.6 is 35.3 Å². The van der Waals surface area contributed by atoms with Gasteiger partial charge in [0.05, 0.1) is 45.7 Å². The molecule has 0 amide bonds. The minimum atomic E-state index is -0.452. The highest BCUT2D eigenvalue weighted by Gasteiger charge is 2.29. The lowest BCUT2D eigenvalue weighted by molar-refractivity contribution is 0.0708. The van der Waals surface area contributed by atoms with Crippen molar-refractivity contribution in [1.82, 2.24) is 29.4 Å². The molecule has 12 nitrogen and oxygen atoms in total. The van der Waals surface area contributed by atoms with Crippen molar-refractivity contribution in [3.63, 3.8) is 0 Å². The van der Waals surface area contributed by atoms with Crippen molar-refractivity contribution in [2.75, 3.05) is 150 Å². The first kappa shape index (κ1) is 83.1. The van der Waals surface area contributed by atoms with Crippen LogP contribution in [0.2, 0.25) is 0 Å². The average molecular weight is 1540 g/mol. The molecular weight excluding hydrogens is 1440 g/mol. The van der Waals surface area contributed by atoms with Gasteiger partial charge in [0.25, 0.3) is 0 Å². The number of thioether (sulfide) groups is 3. The molecule has 9 aromatic rings. The molecule has 0 bridgehead atoms. The molecule has 0 aliphatic carbocycles. The normalized spacial score (nSPS) is 15.8. The van der Waals surface area contributed by atoms with Gasteiger partial charge in [0.15, 0.2) is 0 Å². The van der Waals surface area contributed by atoms with E-state index in [-0.39, 0.29) is 65.0 Å². The molecule has 3 unspecified atom stereocenters. The molecule has 9 aromatic carbocycles. The minimum absolute atomic E-state index is 0.0747. The maximum atomic E-state index is 13.5. The largest absolute Gasteiger partial charge is 0.497 e. The van der Waals surface area contributed by atoms with Crippen LogP contribution < -0.4 is 14.2 Å². The number of aliphatic hydroxyl groups is 3. The number of nitrogens with zero attached hydrogens (tertiary/aromatic N) is 6. The Morgan fingerprint density at radius 2 is 0.676 bits per heavy atom. The third-order valence-electron chi connectivity index (χ3n) is 20.0. The Bertz CT molecular complexity index is 3900. The second-order valence-electron chi connectivity index (χ2n) is 27.6. The highest BCUT2D eigenvalue weighted by atomic mass is 32.2. The lowest BCUT2D eigenvalue weighted by Crippen LogP contribution is -2.50. The third kappa shape index (κ3) is 27.0. The molecule has 576 valence electrons. The molecule has 3 N–H and O–H groups in total. The summed E-state index contributed by atoms with van der Waals surface area (Å²) in [5.74, 6) is 3.09. The lowest BCUT2D eigenvalue weighted by Gasteiger charge is -2.40. The van der Waals surface area contributed by atoms with Crippen molar-refractivity contribution in [2.45, 2.75) is 76.6 Å². The summed E-state index contributed by atoms with van der Waals surface area (Å²) in [6.07, 6.45) is 2.63. The number of piperazine rings is 3. The topological polar surface area (TPSA) is 108 Å². The molecule has 3 heterocycles. The maximum absolute atomic E-state index is 13.5. The summed E-state index contributed by atoms with van der Waals surface area (Å²) in [4.78, 5) is 17.5. The Balaban J connectivity index is 0.000000173. The van der Waals surface area contributed by atoms with Crippen LogP contribution in [-0.4, -0.2) is 213 Å². The van der Waals surface area contributed by atoms with E-state index in [1.54, 1.807) is 80.9 Å². The molecular formula is C87H102F6N6O6S3. The number of halogens is 6. The van der Waals surface area contributed by atoms with Crippen molar-refractivity contribution in [2.24, 2.45) is 0 Å². The van der Waals surface area contributed by atoms with Crippen LogP contribution in [0.4, 0.5) is 26.3 Å². The van der Waals surface area contributed by atoms with Gasteiger partial charge in [0.2, 0.25) is 0 Å². The fourth-order valence-electron chi connectivity index (χ4n) is 14.1. The van der Waals surface area contributed by atoms with Crippen LogP contribution in [0.25, 0.3) is 0 Å². The van der Waals surface area contributed by atoms with E-state index >= 15 is 0 Å². The number of hydrogen-bond acceptors (Lipinski definition) is 15. The maximum Gasteiger partial charge on any atom is 0.132 e. The number of aliphatic hydroxyl groups excluding tert-OH is 3. The smallest absolute Gasteiger partial charge is 0.132 e. The van der Waals surface area contributed by atoms with Crippen molar-refractivity contribution in [3.05, 3.63) is 287 Å². The van der Waals surface area contributed by atoms with Gasteiger partial charge in [-0.15, -0.1) is 35.3 Å². The summed E-state index contributed by atoms with van der Waals surface area (Å²) in [5.41, 5.74) is 6.18. The fourth-order valence-corrected chi connectivity index (χ4v) is 16.7. The fraction of sp³-hybridized carbons (Fsp3) is 0.379. The molecule has 3 fully saturated rings. The number of ether oxygens (including phenoxy) is 3. The first-order valence-electron chi connectivity index (χ1n) is 37.3. The third-order valence-corrected chi connectivity index (χ3v) is 23.5. The zero-order valence-corrected chi connectivity index (χ0v) is 64.4. The SMILES string of the molecule is COc1ccc(SCC(O)CN2CCN(CCCC(c3ccc(F)cc3)c3ccc(F)cc3)CC2)cc1.COc1cccc(SCC(O)CN2CCN(CCCC(c3ccc(F)cc3)c3ccc(F)cc3)CC2)c1.COc1ccccc1SCC(O)CN1CCN(C(c2ccc(F)cc2)c2ccc(F)cc2)CC1. The molecule has 21 heteroatoms. The Morgan fingerprint density at radius 1 is 0.333 bits per heavy atom. The van der Waals surface area contributed by atoms with Gasteiger partial charge >= 0.3 is 0 Å². The predicted octanol–water partition coefficient (Wildman–Crippen LogP) is 16.1. The Kier molecular flexibility index (Phi) is 33.8. The van der Waals surface area contributed by atoms with Crippen LogP contribution in [0.3, 0.4) is 0 Å². The zero-order chi connectivity index (χ0) is 76.0. The minimum Gasteiger partial charge on any atom is -0.497 e. The molecule has 0 aromatic heterocycles. The molecule has 0 radical (unpaired) electrons. The van der Waals surface area contributed by atoms with Crippen molar-refractivity contribution >= 4 is 35.3 Å². The van der Waals surface area contributed by atoms with Crippen LogP contribution in [0.15, 0.2) is 233 Å². The van der Waals surface area contributed by atoms with Gasteiger partial charge in [-0.1, -0.05) is 91.0 Å². The van der Waals surface area contributed by atoms with Crippen LogP contribution in [0.5, 0.6) is 17.2 Å². The average Bonchev–Trinajstić information content (AvgIpc) is 0.797. The van der Waals surface area contributed by atoms with Gasteiger partial charge in [0.1, 0.15) is 52.2 Å². The standard InChI is InChI=1S/2C30H36F2N2O2S.C27H30F2N2O2S/c1-36-28-4-2-5-29(20-28)37-22-27(35)21-34-18-16-33(17-19-34)15-3-6-30(23-7-11-25(31)12-8-23)24-9-13-26(32)14-10-24;1-36-28-12-14-29(15-13-28)37-22-27(35)21-34-19-17-33(18-20-34)16-2-3-30(23-4-8-25(31)9-5-23)24-6-10-26(32)11-7-24;1-33-25-4-2-3-5-26(25)34-19-24(32)18-30-14-16-31(17-15-30)27(20-6-10-22(28)11-7-20)21-8-12-23(29)13-9-21/h2,4-5,7-14,20,27,30,35H,3,6,15-19,21-22H2,1H3;4-15,27,30,35H,2-3,16-22H2,1H3;2-13,24,27,32H,14-19H2,1H3. The number of methoxy groups -OCH3 is 3. The second kappa shape index (κ2) is 43.9. The van der Waals surface area contributed by atoms with E-state index in [4.69, 9.17) is 14.2 Å². The summed E-state index contributed by atoms with van der Waals surface area (Å²) in [7, 11) is 4.97. The van der Waals surface area contributed by atoms with Gasteiger partial charge in [-0.05, 0) is 200 Å². The Hall–Kier alpha value is -7.35. The van der Waals surface area contributed by atoms with E-state index in [9.17, 15) is 41.7 Å². The highest BCUT2D eigenvalue weighted by Crippen LogP contribution is 2.35. The molecule has 0 saturated carbocycles. The molecule has 3 aliphatic heterocycles. The van der Waals surface area contributed by atoms with Crippen molar-refractivity contribution < 1.29 is 55.9 Å². The number of hydrogen-bond donors (Lipinski definition) is 3. The molecule has 3 saturated heterocycles. The van der Waals surface area contributed by atoms with E-state index in [2.05, 4.69) is 29.4 Å². The summed E-state index contributed by atoms with van der Waals surface area (Å²) < 4.78 is 96.8. The molecule has 0 spiro atoms. The Labute approximate surface area is 647 Å². The lowest BCUT2D eigenvalue weighted by atomic mass is 9.87. The van der Waals surface area contributed by atoms with Crippen LogP contribution in [0, 0.1) is 34.9 Å². The van der Waals surface area contributed by atoms with Crippen molar-refractivity contribution in [1.29, 1.82) is 0 Å². The molecule has 3 atom stereocenters. The molecule has 12 rings (SSSR count). The summed E-state index contributed by atoms with van der Waals surface area (Å²) in [5, 5.41) is 31.7. The van der Waals surface area contributed by atoms with Gasteiger partial charge < -0.3 is 39.3 Å². The van der Waals surface area contributed by atoms with E-state index in [0.29, 0.717) is 36.9 Å². The van der Waals surface area contributed by atoms with Crippen LogP contribution in [0.1, 0.15) is 76.9 Å². The number of β-amino-alcohol motifs (C(OH)–C–C–N with tert-alkyl or cyclic N) is 3. The highest BCUT2D eigenvalue weighted by molar-refractivity contribution is 7.99. The summed E-state index contributed by atoms with van der Waals surface area (Å²) in [6, 6.07) is 63.3. The van der Waals surface area contributed by atoms with Gasteiger partial charge in [-0.25, -0.2) is 26.3 Å². The number of benzene rings is 9. The summed E-state index contributed by atoms with van der Waals surface area (Å²) in [6.45, 7) is 14.9. The van der Waals surface area contributed by atoms with E-state index in [1.165, 1.54) is 72.8 Å². The van der Waals surface area contributed by atoms with Gasteiger partial charge in [0, 0.05) is 142 Å². The van der Waals surface area contributed by atoms with Gasteiger partial charge in [-0.2, -0.15) is 0 Å². The first-order chi connectivity index (χ1) is 52.5. The quantitative estimate of drug-likeness (QED) is 0.0268. The van der Waals surface area contributed by atoms with E-state index in [1.807, 2.05) is 121 Å². The molecule has 3 aliphatic rings. The van der Waals surface area contributed by atoms with Crippen molar-refractivity contribution in [3.8, 4) is 17.2 Å². The second-order valence-corrected chi connectivity index (χ2v) is 30.9. The molecule has 108 heavy (non-hydrogen) atoms. The predicted molar refractivity (Wildman–Crippen MR) is 425 cm³/mol.